The zero-order valence-corrected chi connectivity index (χ0v) is 6.90. The highest BCUT2D eigenvalue weighted by molar-refractivity contribution is 5.28. The molecule has 0 saturated heterocycles. The molecule has 1 aliphatic rings. The first-order chi connectivity index (χ1) is 5.79. The van der Waals surface area contributed by atoms with Crippen molar-refractivity contribution in [1.82, 2.24) is 14.7 Å². The van der Waals surface area contributed by atoms with Gasteiger partial charge in [-0.05, 0) is 12.2 Å². The summed E-state index contributed by atoms with van der Waals surface area (Å²) < 4.78 is 1.84. The SMILES string of the molecule is CN1CCn2nc(N=O)cc2C1. The standard InChI is InChI=1S/C7H10N4O/c1-10-2-3-11-6(5-10)4-7(8-11)9-12/h4H,2-3,5H2,1H3. The van der Waals surface area contributed by atoms with Crippen LogP contribution in [0.2, 0.25) is 0 Å². The molecule has 0 spiro atoms. The Morgan fingerprint density at radius 3 is 3.17 bits per heavy atom. The van der Waals surface area contributed by atoms with Gasteiger partial charge in [-0.1, -0.05) is 0 Å². The maximum atomic E-state index is 10.2. The van der Waals surface area contributed by atoms with Gasteiger partial charge in [-0.25, -0.2) is 0 Å². The zero-order chi connectivity index (χ0) is 8.55. The zero-order valence-electron chi connectivity index (χ0n) is 6.90. The summed E-state index contributed by atoms with van der Waals surface area (Å²) in [6.45, 7) is 2.68. The van der Waals surface area contributed by atoms with Gasteiger partial charge in [0, 0.05) is 19.2 Å². The van der Waals surface area contributed by atoms with Crippen LogP contribution in [0.15, 0.2) is 11.2 Å². The third kappa shape index (κ3) is 1.12. The van der Waals surface area contributed by atoms with Crippen LogP contribution < -0.4 is 0 Å². The Labute approximate surface area is 69.9 Å². The largest absolute Gasteiger partial charge is 0.299 e. The van der Waals surface area contributed by atoms with E-state index in [-0.39, 0.29) is 0 Å². The van der Waals surface area contributed by atoms with E-state index in [9.17, 15) is 4.91 Å². The van der Waals surface area contributed by atoms with E-state index in [1.165, 1.54) is 0 Å². The fourth-order valence-electron chi connectivity index (χ4n) is 1.43. The second kappa shape index (κ2) is 2.67. The molecule has 2 heterocycles. The number of hydrogen-bond acceptors (Lipinski definition) is 4. The third-order valence-corrected chi connectivity index (χ3v) is 2.07. The number of aromatic nitrogens is 2. The number of hydrogen-bond donors (Lipinski definition) is 0. The van der Waals surface area contributed by atoms with Crippen LogP contribution in [0.4, 0.5) is 5.82 Å². The first-order valence-corrected chi connectivity index (χ1v) is 3.88. The lowest BCUT2D eigenvalue weighted by Crippen LogP contribution is -2.30. The van der Waals surface area contributed by atoms with Gasteiger partial charge in [0.25, 0.3) is 0 Å². The van der Waals surface area contributed by atoms with Crippen molar-refractivity contribution in [2.75, 3.05) is 13.6 Å². The lowest BCUT2D eigenvalue weighted by atomic mass is 10.3. The molecule has 0 amide bonds. The van der Waals surface area contributed by atoms with Crippen LogP contribution in [0.1, 0.15) is 5.69 Å². The molecular formula is C7H10N4O. The number of likely N-dealkylation sites (N-methyl/N-ethyl adjacent to an activating group) is 1. The second-order valence-corrected chi connectivity index (χ2v) is 3.05. The highest BCUT2D eigenvalue weighted by Gasteiger charge is 2.15. The van der Waals surface area contributed by atoms with Crippen LogP contribution in [-0.4, -0.2) is 28.3 Å². The minimum Gasteiger partial charge on any atom is -0.299 e. The van der Waals surface area contributed by atoms with Crippen molar-refractivity contribution in [3.63, 3.8) is 0 Å². The Morgan fingerprint density at radius 2 is 2.42 bits per heavy atom. The third-order valence-electron chi connectivity index (χ3n) is 2.07. The molecule has 0 radical (unpaired) electrons. The number of fused-ring (bicyclic) bond motifs is 1. The highest BCUT2D eigenvalue weighted by Crippen LogP contribution is 2.16. The van der Waals surface area contributed by atoms with E-state index in [2.05, 4.69) is 15.2 Å². The maximum Gasteiger partial charge on any atom is 0.217 e. The van der Waals surface area contributed by atoms with Crippen LogP contribution in [-0.2, 0) is 13.1 Å². The first kappa shape index (κ1) is 7.42. The maximum absolute atomic E-state index is 10.2. The van der Waals surface area contributed by atoms with Gasteiger partial charge in [0.15, 0.2) is 0 Å². The van der Waals surface area contributed by atoms with Crippen LogP contribution in [0.3, 0.4) is 0 Å². The average Bonchev–Trinajstić information content (AvgIpc) is 2.46. The smallest absolute Gasteiger partial charge is 0.217 e. The van der Waals surface area contributed by atoms with Gasteiger partial charge < -0.3 is 0 Å². The summed E-state index contributed by atoms with van der Waals surface area (Å²) in [6.07, 6.45) is 0. The topological polar surface area (TPSA) is 50.5 Å². The van der Waals surface area contributed by atoms with Crippen molar-refractivity contribution in [2.24, 2.45) is 5.18 Å². The van der Waals surface area contributed by atoms with Crippen molar-refractivity contribution in [3.05, 3.63) is 16.7 Å². The summed E-state index contributed by atoms with van der Waals surface area (Å²) in [5, 5.41) is 6.81. The van der Waals surface area contributed by atoms with E-state index in [1.807, 2.05) is 11.7 Å². The van der Waals surface area contributed by atoms with Crippen LogP contribution in [0, 0.1) is 4.91 Å². The van der Waals surface area contributed by atoms with Crippen LogP contribution in [0.5, 0.6) is 0 Å². The molecule has 0 aliphatic carbocycles. The highest BCUT2D eigenvalue weighted by atomic mass is 16.3. The summed E-state index contributed by atoms with van der Waals surface area (Å²) in [7, 11) is 2.05. The van der Waals surface area contributed by atoms with Gasteiger partial charge in [0.1, 0.15) is 0 Å². The van der Waals surface area contributed by atoms with E-state index >= 15 is 0 Å². The molecule has 5 nitrogen and oxygen atoms in total. The molecule has 0 atom stereocenters. The number of nitrogens with zero attached hydrogens (tertiary/aromatic N) is 4. The monoisotopic (exact) mass is 166 g/mol. The molecule has 0 fully saturated rings. The Kier molecular flexibility index (Phi) is 1.65. The average molecular weight is 166 g/mol. The molecule has 1 aliphatic heterocycles. The fraction of sp³-hybridized carbons (Fsp3) is 0.571. The first-order valence-electron chi connectivity index (χ1n) is 3.88. The fourth-order valence-corrected chi connectivity index (χ4v) is 1.43. The number of rotatable bonds is 1. The quantitative estimate of drug-likeness (QED) is 0.578. The molecular weight excluding hydrogens is 156 g/mol. The van der Waals surface area contributed by atoms with Gasteiger partial charge in [0.05, 0.1) is 12.2 Å². The second-order valence-electron chi connectivity index (χ2n) is 3.05. The Balaban J connectivity index is 2.34. The summed E-state index contributed by atoms with van der Waals surface area (Å²) in [5.74, 6) is 0.292. The van der Waals surface area contributed by atoms with E-state index < -0.39 is 0 Å². The van der Waals surface area contributed by atoms with Crippen molar-refractivity contribution in [1.29, 1.82) is 0 Å². The molecule has 1 aromatic rings. The van der Waals surface area contributed by atoms with Gasteiger partial charge in [-0.3, -0.25) is 9.58 Å². The lowest BCUT2D eigenvalue weighted by Gasteiger charge is -2.22. The van der Waals surface area contributed by atoms with Crippen molar-refractivity contribution >= 4 is 5.82 Å². The normalized spacial score (nSPS) is 17.4. The molecule has 0 saturated carbocycles. The molecule has 0 bridgehead atoms. The van der Waals surface area contributed by atoms with Gasteiger partial charge in [0.2, 0.25) is 5.82 Å². The molecule has 2 rings (SSSR count). The van der Waals surface area contributed by atoms with Crippen LogP contribution in [0.25, 0.3) is 0 Å². The molecule has 0 unspecified atom stereocenters. The predicted octanol–water partition coefficient (Wildman–Crippen LogP) is 0.726. The summed E-state index contributed by atoms with van der Waals surface area (Å²) in [5.41, 5.74) is 1.07. The molecule has 5 heteroatoms. The van der Waals surface area contributed by atoms with Gasteiger partial charge >= 0.3 is 0 Å². The summed E-state index contributed by atoms with van der Waals surface area (Å²) in [6, 6.07) is 1.74. The molecule has 1 aromatic heterocycles. The molecule has 12 heavy (non-hydrogen) atoms. The van der Waals surface area contributed by atoms with E-state index in [4.69, 9.17) is 0 Å². The minimum atomic E-state index is 0.292. The molecule has 0 aromatic carbocycles. The van der Waals surface area contributed by atoms with Gasteiger partial charge in [-0.15, -0.1) is 10.0 Å². The molecule has 64 valence electrons. The molecule has 0 N–H and O–H groups in total. The van der Waals surface area contributed by atoms with E-state index in [0.29, 0.717) is 5.82 Å². The van der Waals surface area contributed by atoms with E-state index in [1.54, 1.807) is 6.07 Å². The Hall–Kier alpha value is -1.23. The summed E-state index contributed by atoms with van der Waals surface area (Å²) in [4.78, 5) is 12.4. The minimum absolute atomic E-state index is 0.292. The Morgan fingerprint density at radius 1 is 1.58 bits per heavy atom. The van der Waals surface area contributed by atoms with Crippen molar-refractivity contribution in [2.45, 2.75) is 13.1 Å². The van der Waals surface area contributed by atoms with Gasteiger partial charge in [-0.2, -0.15) is 0 Å². The van der Waals surface area contributed by atoms with Crippen molar-refractivity contribution in [3.8, 4) is 0 Å². The van der Waals surface area contributed by atoms with Crippen LogP contribution >= 0.6 is 0 Å². The number of nitroso groups, excluding NO2 is 1. The predicted molar refractivity (Wildman–Crippen MR) is 44.0 cm³/mol. The summed E-state index contributed by atoms with van der Waals surface area (Å²) >= 11 is 0. The van der Waals surface area contributed by atoms with Crippen molar-refractivity contribution < 1.29 is 0 Å². The Bertz CT molecular complexity index is 306. The lowest BCUT2D eigenvalue weighted by molar-refractivity contribution is 0.259. The van der Waals surface area contributed by atoms with E-state index in [0.717, 1.165) is 25.3 Å².